The Morgan fingerprint density at radius 2 is 1.56 bits per heavy atom. The van der Waals surface area contributed by atoms with Gasteiger partial charge < -0.3 is 18.8 Å². The number of carbonyl (C=O) groups is 1. The minimum absolute atomic E-state index is 0.00528. The third-order valence-corrected chi connectivity index (χ3v) is 10.5. The van der Waals surface area contributed by atoms with Gasteiger partial charge in [0.2, 0.25) is 5.89 Å². The molecule has 1 saturated heterocycles. The highest BCUT2D eigenvalue weighted by molar-refractivity contribution is 5.93. The number of piperazine rings is 1. The quantitative estimate of drug-likeness (QED) is 0.383. The molecular formula is C31H39N7O3. The summed E-state index contributed by atoms with van der Waals surface area (Å²) in [6.45, 7) is 4.00. The predicted molar refractivity (Wildman–Crippen MR) is 152 cm³/mol. The van der Waals surface area contributed by atoms with Gasteiger partial charge in [-0.2, -0.15) is 9.97 Å². The Bertz CT molecular complexity index is 1410. The van der Waals surface area contributed by atoms with E-state index >= 15 is 0 Å². The summed E-state index contributed by atoms with van der Waals surface area (Å²) in [5.41, 5.74) is 1.86. The van der Waals surface area contributed by atoms with Gasteiger partial charge in [-0.25, -0.2) is 4.79 Å². The molecule has 9 rings (SSSR count). The molecule has 2 amide bonds. The van der Waals surface area contributed by atoms with Crippen LogP contribution in [0, 0.1) is 5.41 Å². The molecule has 6 aliphatic rings. The first-order valence-corrected chi connectivity index (χ1v) is 15.5. The van der Waals surface area contributed by atoms with E-state index in [-0.39, 0.29) is 16.9 Å². The van der Waals surface area contributed by atoms with E-state index in [0.717, 1.165) is 106 Å². The van der Waals surface area contributed by atoms with Gasteiger partial charge in [0.05, 0.1) is 0 Å². The number of carbonyl (C=O) groups excluding carboxylic acids is 1. The normalized spacial score (nSPS) is 28.3. The lowest BCUT2D eigenvalue weighted by Gasteiger charge is -2.53. The Balaban J connectivity index is 1.05. The highest BCUT2D eigenvalue weighted by Crippen LogP contribution is 2.58. The number of amides is 2. The van der Waals surface area contributed by atoms with Crippen LogP contribution < -0.4 is 4.90 Å². The Morgan fingerprint density at radius 3 is 2.24 bits per heavy atom. The zero-order valence-electron chi connectivity index (χ0n) is 23.9. The molecule has 0 unspecified atom stereocenters. The minimum Gasteiger partial charge on any atom is -0.339 e. The third kappa shape index (κ3) is 4.73. The van der Waals surface area contributed by atoms with E-state index in [1.54, 1.807) is 0 Å². The zero-order valence-corrected chi connectivity index (χ0v) is 23.9. The number of fused-ring (bicyclic) bond motifs is 3. The van der Waals surface area contributed by atoms with Gasteiger partial charge in [-0.1, -0.05) is 16.4 Å². The molecule has 3 aromatic rings. The third-order valence-electron chi connectivity index (χ3n) is 10.5. The molecule has 5 aliphatic carbocycles. The van der Waals surface area contributed by atoms with E-state index in [1.807, 2.05) is 21.9 Å². The van der Waals surface area contributed by atoms with Crippen LogP contribution in [0.4, 0.5) is 10.5 Å². The van der Waals surface area contributed by atoms with Crippen molar-refractivity contribution in [2.45, 2.75) is 81.5 Å². The van der Waals surface area contributed by atoms with Crippen molar-refractivity contribution < 1.29 is 13.8 Å². The Hall–Kier alpha value is -3.27. The van der Waals surface area contributed by atoms with Gasteiger partial charge in [-0.3, -0.25) is 4.90 Å². The van der Waals surface area contributed by atoms with E-state index in [0.29, 0.717) is 24.3 Å². The lowest BCUT2D eigenvalue weighted by atomic mass is 9.53. The fraction of sp³-hybridized carbons (Fsp3) is 0.645. The van der Waals surface area contributed by atoms with Crippen molar-refractivity contribution in [3.05, 3.63) is 41.8 Å². The van der Waals surface area contributed by atoms with Crippen LogP contribution in [-0.4, -0.2) is 75.9 Å². The maximum atomic E-state index is 14.2. The van der Waals surface area contributed by atoms with Gasteiger partial charge in [-0.15, -0.1) is 0 Å². The monoisotopic (exact) mass is 557 g/mol. The van der Waals surface area contributed by atoms with Gasteiger partial charge in [0.25, 0.3) is 5.89 Å². The fourth-order valence-electron chi connectivity index (χ4n) is 7.22. The molecule has 2 bridgehead atoms. The summed E-state index contributed by atoms with van der Waals surface area (Å²) in [5, 5.41) is 8.55. The number of urea groups is 1. The summed E-state index contributed by atoms with van der Waals surface area (Å²) in [5.74, 6) is 4.04. The molecular weight excluding hydrogens is 518 g/mol. The van der Waals surface area contributed by atoms with Crippen LogP contribution in [0.1, 0.15) is 93.6 Å². The number of anilines is 1. The van der Waals surface area contributed by atoms with Crippen LogP contribution in [0.3, 0.4) is 0 Å². The predicted octanol–water partition coefficient (Wildman–Crippen LogP) is 5.34. The largest absolute Gasteiger partial charge is 0.339 e. The van der Waals surface area contributed by atoms with Crippen LogP contribution in [0.2, 0.25) is 0 Å². The summed E-state index contributed by atoms with van der Waals surface area (Å²) >= 11 is 0. The highest BCUT2D eigenvalue weighted by atomic mass is 16.5. The van der Waals surface area contributed by atoms with Crippen molar-refractivity contribution in [3.8, 4) is 11.5 Å². The molecule has 0 spiro atoms. The molecule has 1 aliphatic heterocycles. The summed E-state index contributed by atoms with van der Waals surface area (Å²) < 4.78 is 11.5. The van der Waals surface area contributed by atoms with E-state index < -0.39 is 0 Å². The first-order chi connectivity index (χ1) is 20.0. The van der Waals surface area contributed by atoms with Gasteiger partial charge in [0.1, 0.15) is 0 Å². The Labute approximate surface area is 240 Å². The molecule has 0 radical (unpaired) electrons. The van der Waals surface area contributed by atoms with Crippen molar-refractivity contribution >= 4 is 11.7 Å². The Kier molecular flexibility index (Phi) is 5.98. The molecule has 2 aromatic heterocycles. The standard InChI is InChI=1S/C31H39N7O3/c1-36-15-17-37(18-16-36)29(39)38(24-4-2-3-23(19-24)27-32-25(34-40-27)21-5-6-21)20-30-9-12-31(13-10-30,14-11-30)28-33-26(35-41-28)22-7-8-22/h2-4,19,21-22H,5-18,20H2,1H3. The minimum atomic E-state index is 0.00528. The van der Waals surface area contributed by atoms with Gasteiger partial charge >= 0.3 is 6.03 Å². The molecule has 5 saturated carbocycles. The number of hydrogen-bond acceptors (Lipinski definition) is 8. The summed E-state index contributed by atoms with van der Waals surface area (Å²) in [6, 6.07) is 8.22. The number of hydrogen-bond donors (Lipinski definition) is 0. The molecule has 0 atom stereocenters. The molecule has 10 heteroatoms. The van der Waals surface area contributed by atoms with Crippen LogP contribution in [0.5, 0.6) is 0 Å². The van der Waals surface area contributed by atoms with Gasteiger partial charge in [-0.05, 0) is 94.9 Å². The molecule has 3 heterocycles. The van der Waals surface area contributed by atoms with Crippen LogP contribution in [-0.2, 0) is 5.41 Å². The molecule has 0 N–H and O–H groups in total. The number of likely N-dealkylation sites (N-methyl/N-ethyl adjacent to an activating group) is 1. The number of rotatable bonds is 7. The van der Waals surface area contributed by atoms with Crippen LogP contribution in [0.25, 0.3) is 11.5 Å². The summed E-state index contributed by atoms with van der Waals surface area (Å²) in [7, 11) is 2.12. The summed E-state index contributed by atoms with van der Waals surface area (Å²) in [4.78, 5) is 30.1. The second kappa shape index (κ2) is 9.64. The van der Waals surface area contributed by atoms with Gasteiger partial charge in [0, 0.05) is 61.2 Å². The topological polar surface area (TPSA) is 105 Å². The molecule has 41 heavy (non-hydrogen) atoms. The second-order valence-corrected chi connectivity index (χ2v) is 13.5. The highest BCUT2D eigenvalue weighted by Gasteiger charge is 2.53. The molecule has 6 fully saturated rings. The zero-order chi connectivity index (χ0) is 27.6. The smallest absolute Gasteiger partial charge is 0.324 e. The average molecular weight is 558 g/mol. The van der Waals surface area contributed by atoms with Crippen molar-refractivity contribution in [1.29, 1.82) is 0 Å². The van der Waals surface area contributed by atoms with Crippen LogP contribution >= 0.6 is 0 Å². The maximum Gasteiger partial charge on any atom is 0.324 e. The SMILES string of the molecule is CN1CCN(C(=O)N(CC23CCC(c4nc(C5CC5)no4)(CC2)CC3)c2cccc(-c3nc(C4CC4)no3)c2)CC1. The van der Waals surface area contributed by atoms with E-state index in [9.17, 15) is 4.79 Å². The lowest BCUT2D eigenvalue weighted by molar-refractivity contribution is 0.0280. The van der Waals surface area contributed by atoms with Crippen molar-refractivity contribution in [2.24, 2.45) is 5.41 Å². The van der Waals surface area contributed by atoms with Crippen molar-refractivity contribution in [3.63, 3.8) is 0 Å². The number of nitrogens with zero attached hydrogens (tertiary/aromatic N) is 7. The van der Waals surface area contributed by atoms with Crippen LogP contribution in [0.15, 0.2) is 33.3 Å². The Morgan fingerprint density at radius 1 is 0.902 bits per heavy atom. The maximum absolute atomic E-state index is 14.2. The van der Waals surface area contributed by atoms with Crippen molar-refractivity contribution in [2.75, 3.05) is 44.7 Å². The first kappa shape index (κ1) is 25.4. The fourth-order valence-corrected chi connectivity index (χ4v) is 7.22. The second-order valence-electron chi connectivity index (χ2n) is 13.5. The van der Waals surface area contributed by atoms with E-state index in [4.69, 9.17) is 14.0 Å². The first-order valence-electron chi connectivity index (χ1n) is 15.5. The lowest BCUT2D eigenvalue weighted by Crippen LogP contribution is -2.56. The van der Waals surface area contributed by atoms with Gasteiger partial charge in [0.15, 0.2) is 11.6 Å². The van der Waals surface area contributed by atoms with E-state index in [2.05, 4.69) is 39.4 Å². The molecule has 10 nitrogen and oxygen atoms in total. The number of benzene rings is 1. The summed E-state index contributed by atoms with van der Waals surface area (Å²) in [6.07, 6.45) is 10.9. The molecule has 216 valence electrons. The molecule has 1 aromatic carbocycles. The average Bonchev–Trinajstić information content (AvgIpc) is 3.95. The van der Waals surface area contributed by atoms with E-state index in [1.165, 1.54) is 12.8 Å². The van der Waals surface area contributed by atoms with Crippen molar-refractivity contribution in [1.82, 2.24) is 30.1 Å². The number of aromatic nitrogens is 4.